The van der Waals surface area contributed by atoms with Gasteiger partial charge in [0, 0.05) is 21.5 Å². The van der Waals surface area contributed by atoms with E-state index in [9.17, 15) is 15.0 Å². The molecule has 1 aliphatic rings. The molecule has 2 N–H and O–H groups in total. The van der Waals surface area contributed by atoms with Crippen LogP contribution in [0.3, 0.4) is 0 Å². The van der Waals surface area contributed by atoms with E-state index in [2.05, 4.69) is 14.9 Å². The van der Waals surface area contributed by atoms with Gasteiger partial charge in [-0.1, -0.05) is 6.42 Å². The molecule has 5 rings (SSSR count). The number of rotatable bonds is 7. The number of phenolic OH excluding ortho intramolecular Hbond substituents is 2. The third-order valence-corrected chi connectivity index (χ3v) is 7.19. The molecule has 8 heteroatoms. The zero-order chi connectivity index (χ0) is 23.5. The third-order valence-electron chi connectivity index (χ3n) is 5.99. The van der Waals surface area contributed by atoms with Crippen molar-refractivity contribution in [2.75, 3.05) is 26.2 Å². The van der Waals surface area contributed by atoms with Gasteiger partial charge in [-0.15, -0.1) is 11.3 Å². The Hall–Kier alpha value is -3.49. The van der Waals surface area contributed by atoms with Gasteiger partial charge in [0.2, 0.25) is 11.6 Å². The first-order valence-electron chi connectivity index (χ1n) is 11.4. The van der Waals surface area contributed by atoms with E-state index >= 15 is 0 Å². The first-order valence-corrected chi connectivity index (χ1v) is 12.2. The van der Waals surface area contributed by atoms with Gasteiger partial charge in [0.25, 0.3) is 0 Å². The molecule has 0 atom stereocenters. The van der Waals surface area contributed by atoms with Gasteiger partial charge < -0.3 is 14.9 Å². The molecular formula is C26H25N3O4S. The summed E-state index contributed by atoms with van der Waals surface area (Å²) in [6, 6.07) is 11.6. The molecule has 1 saturated heterocycles. The fraction of sp³-hybridized carbons (Fsp3) is 0.269. The van der Waals surface area contributed by atoms with Crippen LogP contribution in [0.2, 0.25) is 0 Å². The number of piperidine rings is 1. The van der Waals surface area contributed by atoms with Crippen LogP contribution in [-0.4, -0.2) is 57.1 Å². The molecule has 0 amide bonds. The Morgan fingerprint density at radius 2 is 1.68 bits per heavy atom. The third kappa shape index (κ3) is 4.73. The minimum atomic E-state index is -0.306. The molecule has 2 aromatic carbocycles. The minimum absolute atomic E-state index is 0.0798. The molecule has 4 aromatic rings. The SMILES string of the molecule is O=C(c1ncc(OCCN2CCCCC2)cn1)c1c(-c2ccc(O)cc2)sc2cc(O)ccc12. The van der Waals surface area contributed by atoms with Gasteiger partial charge in [-0.2, -0.15) is 0 Å². The van der Waals surface area contributed by atoms with E-state index in [4.69, 9.17) is 4.74 Å². The minimum Gasteiger partial charge on any atom is -0.508 e. The Kier molecular flexibility index (Phi) is 6.42. The number of phenols is 2. The van der Waals surface area contributed by atoms with Crippen molar-refractivity contribution in [2.45, 2.75) is 19.3 Å². The summed E-state index contributed by atoms with van der Waals surface area (Å²) >= 11 is 1.40. The highest BCUT2D eigenvalue weighted by atomic mass is 32.1. The Morgan fingerprint density at radius 3 is 2.41 bits per heavy atom. The topological polar surface area (TPSA) is 95.8 Å². The van der Waals surface area contributed by atoms with E-state index in [-0.39, 0.29) is 23.1 Å². The van der Waals surface area contributed by atoms with Crippen LogP contribution in [0.15, 0.2) is 54.9 Å². The van der Waals surface area contributed by atoms with E-state index in [0.29, 0.717) is 17.9 Å². The van der Waals surface area contributed by atoms with Crippen molar-refractivity contribution in [1.29, 1.82) is 0 Å². The van der Waals surface area contributed by atoms with Crippen LogP contribution < -0.4 is 4.74 Å². The number of fused-ring (bicyclic) bond motifs is 1. The van der Waals surface area contributed by atoms with Crippen LogP contribution in [-0.2, 0) is 0 Å². The standard InChI is InChI=1S/C26H25N3O4S/c30-18-6-4-17(5-7-18)25-23(21-9-8-19(31)14-22(21)34-25)24(32)26-27-15-20(16-28-26)33-13-12-29-10-2-1-3-11-29/h4-9,14-16,30-31H,1-3,10-13H2. The van der Waals surface area contributed by atoms with Gasteiger partial charge in [0.05, 0.1) is 18.0 Å². The van der Waals surface area contributed by atoms with Crippen LogP contribution >= 0.6 is 11.3 Å². The molecule has 1 aliphatic heterocycles. The summed E-state index contributed by atoms with van der Waals surface area (Å²) in [6.45, 7) is 3.65. The van der Waals surface area contributed by atoms with Gasteiger partial charge in [0.1, 0.15) is 18.1 Å². The quantitative estimate of drug-likeness (QED) is 0.368. The normalized spacial score (nSPS) is 14.4. The average molecular weight is 476 g/mol. The number of ether oxygens (including phenoxy) is 1. The van der Waals surface area contributed by atoms with Crippen molar-refractivity contribution in [3.05, 3.63) is 66.2 Å². The van der Waals surface area contributed by atoms with E-state index < -0.39 is 0 Å². The Morgan fingerprint density at radius 1 is 0.971 bits per heavy atom. The number of carbonyl (C=O) groups is 1. The largest absolute Gasteiger partial charge is 0.508 e. The van der Waals surface area contributed by atoms with Crippen molar-refractivity contribution in [3.63, 3.8) is 0 Å². The molecule has 0 spiro atoms. The number of aromatic nitrogens is 2. The molecule has 0 saturated carbocycles. The van der Waals surface area contributed by atoms with Crippen LogP contribution in [0.4, 0.5) is 0 Å². The zero-order valence-electron chi connectivity index (χ0n) is 18.6. The average Bonchev–Trinajstić information content (AvgIpc) is 3.23. The molecule has 1 fully saturated rings. The summed E-state index contributed by atoms with van der Waals surface area (Å²) in [6.07, 6.45) is 6.86. The summed E-state index contributed by atoms with van der Waals surface area (Å²) in [5.41, 5.74) is 1.27. The van der Waals surface area contributed by atoms with Crippen LogP contribution in [0.5, 0.6) is 17.2 Å². The molecule has 0 unspecified atom stereocenters. The van der Waals surface area contributed by atoms with Gasteiger partial charge >= 0.3 is 0 Å². The number of thiophene rings is 1. The highest BCUT2D eigenvalue weighted by molar-refractivity contribution is 7.22. The van der Waals surface area contributed by atoms with Crippen LogP contribution in [0.25, 0.3) is 20.5 Å². The lowest BCUT2D eigenvalue weighted by atomic mass is 10.0. The smallest absolute Gasteiger partial charge is 0.232 e. The molecule has 34 heavy (non-hydrogen) atoms. The van der Waals surface area contributed by atoms with Gasteiger partial charge in [-0.25, -0.2) is 9.97 Å². The predicted molar refractivity (Wildman–Crippen MR) is 132 cm³/mol. The second kappa shape index (κ2) is 9.79. The van der Waals surface area contributed by atoms with E-state index in [0.717, 1.165) is 40.2 Å². The Labute approximate surface area is 201 Å². The molecule has 0 aliphatic carbocycles. The van der Waals surface area contributed by atoms with E-state index in [1.54, 1.807) is 42.5 Å². The van der Waals surface area contributed by atoms with Crippen molar-refractivity contribution in [2.24, 2.45) is 0 Å². The lowest BCUT2D eigenvalue weighted by Crippen LogP contribution is -2.33. The Balaban J connectivity index is 1.39. The molecule has 174 valence electrons. The highest BCUT2D eigenvalue weighted by Gasteiger charge is 2.24. The first-order chi connectivity index (χ1) is 16.6. The number of hydrogen-bond donors (Lipinski definition) is 2. The number of benzene rings is 2. The summed E-state index contributed by atoms with van der Waals surface area (Å²) in [4.78, 5) is 25.2. The maximum Gasteiger partial charge on any atom is 0.232 e. The van der Waals surface area contributed by atoms with Crippen LogP contribution in [0.1, 0.15) is 35.4 Å². The van der Waals surface area contributed by atoms with Crippen molar-refractivity contribution >= 4 is 27.2 Å². The first kappa shape index (κ1) is 22.3. The Bertz CT molecular complexity index is 1300. The lowest BCUT2D eigenvalue weighted by Gasteiger charge is -2.26. The molecular weight excluding hydrogens is 450 g/mol. The van der Waals surface area contributed by atoms with Crippen molar-refractivity contribution in [3.8, 4) is 27.7 Å². The predicted octanol–water partition coefficient (Wildman–Crippen LogP) is 4.87. The molecule has 0 bridgehead atoms. The summed E-state index contributed by atoms with van der Waals surface area (Å²) in [7, 11) is 0. The number of nitrogens with zero attached hydrogens (tertiary/aromatic N) is 3. The van der Waals surface area contributed by atoms with Gasteiger partial charge in [0.15, 0.2) is 5.75 Å². The van der Waals surface area contributed by atoms with Crippen molar-refractivity contribution < 1.29 is 19.7 Å². The summed E-state index contributed by atoms with van der Waals surface area (Å²) < 4.78 is 6.58. The second-order valence-corrected chi connectivity index (χ2v) is 9.41. The fourth-order valence-corrected chi connectivity index (χ4v) is 5.46. The fourth-order valence-electron chi connectivity index (χ4n) is 4.22. The lowest BCUT2D eigenvalue weighted by molar-refractivity contribution is 0.103. The molecule has 3 heterocycles. The van der Waals surface area contributed by atoms with E-state index in [1.165, 1.54) is 43.0 Å². The number of aromatic hydroxyl groups is 2. The number of likely N-dealkylation sites (tertiary alicyclic amines) is 1. The van der Waals surface area contributed by atoms with E-state index in [1.807, 2.05) is 0 Å². The molecule has 2 aromatic heterocycles. The van der Waals surface area contributed by atoms with Crippen LogP contribution in [0, 0.1) is 0 Å². The monoisotopic (exact) mass is 475 g/mol. The maximum absolute atomic E-state index is 13.5. The molecule has 7 nitrogen and oxygen atoms in total. The van der Waals surface area contributed by atoms with Gasteiger partial charge in [-0.3, -0.25) is 9.69 Å². The highest BCUT2D eigenvalue weighted by Crippen LogP contribution is 2.41. The number of hydrogen-bond acceptors (Lipinski definition) is 8. The summed E-state index contributed by atoms with van der Waals surface area (Å²) in [5.74, 6) is 0.588. The van der Waals surface area contributed by atoms with Gasteiger partial charge in [-0.05, 0) is 74.0 Å². The second-order valence-electron chi connectivity index (χ2n) is 8.36. The maximum atomic E-state index is 13.5. The number of carbonyl (C=O) groups excluding carboxylic acids is 1. The zero-order valence-corrected chi connectivity index (χ0v) is 19.4. The number of ketones is 1. The van der Waals surface area contributed by atoms with Crippen molar-refractivity contribution in [1.82, 2.24) is 14.9 Å². The summed E-state index contributed by atoms with van der Waals surface area (Å²) in [5, 5.41) is 20.3. The molecule has 0 radical (unpaired) electrons.